The number of rotatable bonds is 9. The Hall–Kier alpha value is -2.30. The molecule has 264 valence electrons. The first-order valence-corrected chi connectivity index (χ1v) is 16.2. The number of aromatic nitrogens is 3. The molecule has 0 aromatic carbocycles. The van der Waals surface area contributed by atoms with E-state index in [1.54, 1.807) is 6.20 Å². The van der Waals surface area contributed by atoms with Gasteiger partial charge in [0.05, 0.1) is 18.9 Å². The Labute approximate surface area is 272 Å². The first-order chi connectivity index (χ1) is 22.3. The summed E-state index contributed by atoms with van der Waals surface area (Å²) in [4.78, 5) is 0. The molecular formula is C28H42F3N7O8S. The highest BCUT2D eigenvalue weighted by atomic mass is 32.2. The average Bonchev–Trinajstić information content (AvgIpc) is 3.52. The summed E-state index contributed by atoms with van der Waals surface area (Å²) in [7, 11) is 0. The Morgan fingerprint density at radius 2 is 1.68 bits per heavy atom. The van der Waals surface area contributed by atoms with E-state index in [1.807, 2.05) is 0 Å². The lowest BCUT2D eigenvalue weighted by Crippen LogP contribution is -2.65. The summed E-state index contributed by atoms with van der Waals surface area (Å²) in [5, 5.41) is 77.2. The summed E-state index contributed by atoms with van der Waals surface area (Å²) >= 11 is 0.752. The Morgan fingerprint density at radius 3 is 2.30 bits per heavy atom. The second-order valence-electron chi connectivity index (χ2n) is 12.5. The Morgan fingerprint density at radius 1 is 1.06 bits per heavy atom. The maximum Gasteiger partial charge on any atom is 0.189 e. The monoisotopic (exact) mass is 693 g/mol. The van der Waals surface area contributed by atoms with Gasteiger partial charge in [-0.25, -0.2) is 23.7 Å². The molecule has 0 radical (unpaired) electrons. The fraction of sp³-hybridized carbons (Fsp3) is 0.714. The van der Waals surface area contributed by atoms with Gasteiger partial charge in [0.1, 0.15) is 65.4 Å². The Balaban J connectivity index is 1.36. The van der Waals surface area contributed by atoms with Gasteiger partial charge in [0.2, 0.25) is 0 Å². The molecule has 11 atom stereocenters. The zero-order chi connectivity index (χ0) is 34.2. The highest BCUT2D eigenvalue weighted by Gasteiger charge is 2.52. The standard InChI is InChI=1S/C28H42F3N7O8S/c1-28(6-13(29)19(31)14(30)7-28)18(32)9-37(33)20-22(41)16(10-39)45-26(24(20)43)47-27-25(44)21(23(42)17(11-40)46-27)38-8-15(35-36-38)12-2-4-34-5-3-12/h6,8-9,12,16-17,20-27,34,39-44H,2-5,7,10-11,32-33H2,1H3/b18-9-. The maximum atomic E-state index is 14.1. The number of aliphatic hydroxyl groups is 6. The van der Waals surface area contributed by atoms with E-state index in [2.05, 4.69) is 15.6 Å². The molecule has 19 heteroatoms. The van der Waals surface area contributed by atoms with E-state index in [4.69, 9.17) is 21.1 Å². The van der Waals surface area contributed by atoms with Crippen LogP contribution in [0.15, 0.2) is 41.7 Å². The predicted octanol–water partition coefficient (Wildman–Crippen LogP) is -1.34. The number of hydrogen-bond donors (Lipinski definition) is 9. The highest BCUT2D eigenvalue weighted by molar-refractivity contribution is 8.00. The number of nitrogens with zero attached hydrogens (tertiary/aromatic N) is 4. The summed E-state index contributed by atoms with van der Waals surface area (Å²) in [6, 6.07) is -2.54. The van der Waals surface area contributed by atoms with Gasteiger partial charge in [0.25, 0.3) is 0 Å². The van der Waals surface area contributed by atoms with Crippen LogP contribution in [0.3, 0.4) is 0 Å². The first-order valence-electron chi connectivity index (χ1n) is 15.3. The summed E-state index contributed by atoms with van der Waals surface area (Å²) in [6.07, 6.45) is -4.09. The molecule has 0 amide bonds. The summed E-state index contributed by atoms with van der Waals surface area (Å²) in [5.74, 6) is 1.92. The van der Waals surface area contributed by atoms with Crippen molar-refractivity contribution in [3.05, 3.63) is 47.3 Å². The lowest BCUT2D eigenvalue weighted by atomic mass is 9.80. The predicted molar refractivity (Wildman–Crippen MR) is 160 cm³/mol. The highest BCUT2D eigenvalue weighted by Crippen LogP contribution is 2.44. The van der Waals surface area contributed by atoms with Gasteiger partial charge in [0, 0.05) is 35.8 Å². The number of thioether (sulfide) groups is 1. The van der Waals surface area contributed by atoms with Crippen molar-refractivity contribution in [2.45, 2.75) is 91.7 Å². The molecule has 4 heterocycles. The van der Waals surface area contributed by atoms with Gasteiger partial charge in [0.15, 0.2) is 11.7 Å². The zero-order valence-corrected chi connectivity index (χ0v) is 26.3. The van der Waals surface area contributed by atoms with Gasteiger partial charge in [-0.1, -0.05) is 23.9 Å². The van der Waals surface area contributed by atoms with Gasteiger partial charge in [-0.2, -0.15) is 0 Å². The topological polar surface area (TPSA) is 238 Å². The molecular weight excluding hydrogens is 651 g/mol. The molecule has 5 rings (SSSR count). The molecule has 15 nitrogen and oxygen atoms in total. The molecule has 11 unspecified atom stereocenters. The van der Waals surface area contributed by atoms with Gasteiger partial charge in [-0.3, -0.25) is 0 Å². The number of aliphatic hydroxyl groups excluding tert-OH is 6. The number of nitrogens with two attached hydrogens (primary N) is 2. The molecule has 0 bridgehead atoms. The molecule has 0 spiro atoms. The molecule has 3 fully saturated rings. The van der Waals surface area contributed by atoms with Crippen molar-refractivity contribution >= 4 is 11.8 Å². The van der Waals surface area contributed by atoms with Crippen LogP contribution in [0.5, 0.6) is 0 Å². The third kappa shape index (κ3) is 7.20. The van der Waals surface area contributed by atoms with Crippen molar-refractivity contribution in [2.75, 3.05) is 26.3 Å². The van der Waals surface area contributed by atoms with Crippen molar-refractivity contribution in [3.63, 3.8) is 0 Å². The minimum absolute atomic E-state index is 0.136. The van der Waals surface area contributed by atoms with Crippen molar-refractivity contribution in [3.8, 4) is 0 Å². The lowest BCUT2D eigenvalue weighted by molar-refractivity contribution is -0.192. The van der Waals surface area contributed by atoms with E-state index in [9.17, 15) is 43.8 Å². The quantitative estimate of drug-likeness (QED) is 0.107. The Bertz CT molecular complexity index is 1350. The number of ether oxygens (including phenoxy) is 2. The minimum atomic E-state index is -1.65. The van der Waals surface area contributed by atoms with Crippen LogP contribution >= 0.6 is 11.8 Å². The fourth-order valence-corrected chi connectivity index (χ4v) is 7.72. The summed E-state index contributed by atoms with van der Waals surface area (Å²) in [6.45, 7) is 1.63. The number of piperidine rings is 1. The van der Waals surface area contributed by atoms with Crippen molar-refractivity contribution in [2.24, 2.45) is 17.0 Å². The molecule has 1 aromatic heterocycles. The smallest absolute Gasteiger partial charge is 0.189 e. The van der Waals surface area contributed by atoms with Crippen LogP contribution < -0.4 is 16.9 Å². The van der Waals surface area contributed by atoms with E-state index < -0.39 is 102 Å². The fourth-order valence-electron chi connectivity index (χ4n) is 6.40. The Kier molecular flexibility index (Phi) is 11.2. The van der Waals surface area contributed by atoms with Crippen LogP contribution in [0.25, 0.3) is 0 Å². The second-order valence-corrected chi connectivity index (χ2v) is 13.7. The molecule has 3 aliphatic heterocycles. The van der Waals surface area contributed by atoms with Gasteiger partial charge < -0.3 is 56.2 Å². The van der Waals surface area contributed by atoms with Gasteiger partial charge in [-0.05, 0) is 32.0 Å². The third-order valence-corrected chi connectivity index (χ3v) is 10.6. The molecule has 47 heavy (non-hydrogen) atoms. The largest absolute Gasteiger partial charge is 0.400 e. The van der Waals surface area contributed by atoms with Crippen molar-refractivity contribution in [1.29, 1.82) is 0 Å². The van der Waals surface area contributed by atoms with E-state index >= 15 is 0 Å². The van der Waals surface area contributed by atoms with Crippen LogP contribution in [0.1, 0.15) is 43.8 Å². The zero-order valence-electron chi connectivity index (χ0n) is 25.5. The lowest BCUT2D eigenvalue weighted by Gasteiger charge is -2.47. The molecule has 4 aliphatic rings. The van der Waals surface area contributed by atoms with Crippen LogP contribution in [0.4, 0.5) is 13.2 Å². The van der Waals surface area contributed by atoms with Crippen LogP contribution in [0.2, 0.25) is 0 Å². The SMILES string of the molecule is CC1(/C(N)=C/N(N)C2C(O)C(CO)OC(SC3OC(CO)C(O)C(n4cc(C5CCNCC5)nn4)C3O)C2O)C=C(F)C(F)=C(F)C1. The number of allylic oxidation sites excluding steroid dienone is 4. The number of halogens is 3. The van der Waals surface area contributed by atoms with E-state index in [0.717, 1.165) is 55.0 Å². The number of hydrazine groups is 1. The third-order valence-electron chi connectivity index (χ3n) is 9.26. The molecule has 3 saturated heterocycles. The van der Waals surface area contributed by atoms with Crippen LogP contribution in [-0.2, 0) is 9.47 Å². The van der Waals surface area contributed by atoms with Crippen molar-refractivity contribution in [1.82, 2.24) is 25.3 Å². The number of nitrogens with one attached hydrogen (secondary N) is 1. The minimum Gasteiger partial charge on any atom is -0.400 e. The maximum absolute atomic E-state index is 14.1. The van der Waals surface area contributed by atoms with Gasteiger partial charge >= 0.3 is 0 Å². The average molecular weight is 694 g/mol. The normalized spacial score (nSPS) is 39.2. The van der Waals surface area contributed by atoms with E-state index in [-0.39, 0.29) is 11.6 Å². The molecule has 1 aromatic rings. The first kappa shape index (κ1) is 36.0. The summed E-state index contributed by atoms with van der Waals surface area (Å²) in [5.41, 5.74) is 2.49. The summed E-state index contributed by atoms with van der Waals surface area (Å²) < 4.78 is 54.7. The van der Waals surface area contributed by atoms with Crippen LogP contribution in [0, 0.1) is 5.41 Å². The molecule has 0 saturated carbocycles. The van der Waals surface area contributed by atoms with Crippen molar-refractivity contribution < 1.29 is 53.3 Å². The van der Waals surface area contributed by atoms with E-state index in [0.29, 0.717) is 5.69 Å². The number of hydrogen-bond acceptors (Lipinski definition) is 15. The second kappa shape index (κ2) is 14.7. The van der Waals surface area contributed by atoms with Gasteiger partial charge in [-0.15, -0.1) is 5.10 Å². The van der Waals surface area contributed by atoms with Crippen LogP contribution in [-0.4, -0.2) is 130 Å². The molecule has 11 N–H and O–H groups in total. The van der Waals surface area contributed by atoms with E-state index in [1.165, 1.54) is 11.6 Å². The molecule has 1 aliphatic carbocycles.